The maximum absolute atomic E-state index is 13.4. The van der Waals surface area contributed by atoms with E-state index in [1.807, 2.05) is 0 Å². The summed E-state index contributed by atoms with van der Waals surface area (Å²) in [7, 11) is 0. The lowest BCUT2D eigenvalue weighted by atomic mass is 10.1. The van der Waals surface area contributed by atoms with Crippen molar-refractivity contribution < 1.29 is 18.7 Å². The molecule has 2 aromatic carbocycles. The zero-order chi connectivity index (χ0) is 14.9. The lowest BCUT2D eigenvalue weighted by Gasteiger charge is -2.10. The fourth-order valence-electron chi connectivity index (χ4n) is 1.66. The lowest BCUT2D eigenvalue weighted by molar-refractivity contribution is 0.102. The van der Waals surface area contributed by atoms with Gasteiger partial charge < -0.3 is 10.4 Å². The molecule has 6 heteroatoms. The van der Waals surface area contributed by atoms with Gasteiger partial charge >= 0.3 is 0 Å². The summed E-state index contributed by atoms with van der Waals surface area (Å²) in [6.07, 6.45) is 0. The van der Waals surface area contributed by atoms with Gasteiger partial charge in [-0.3, -0.25) is 4.79 Å². The number of hydrogen-bond donors (Lipinski definition) is 2. The second-order valence-electron chi connectivity index (χ2n) is 4.20. The third-order valence-corrected chi connectivity index (χ3v) is 3.33. The molecule has 20 heavy (non-hydrogen) atoms. The van der Waals surface area contributed by atoms with Crippen LogP contribution in [0.15, 0.2) is 34.8 Å². The van der Waals surface area contributed by atoms with Crippen molar-refractivity contribution in [1.29, 1.82) is 0 Å². The van der Waals surface area contributed by atoms with Crippen LogP contribution in [0.4, 0.5) is 14.5 Å². The van der Waals surface area contributed by atoms with Crippen molar-refractivity contribution in [3.8, 4) is 5.75 Å². The van der Waals surface area contributed by atoms with Crippen molar-refractivity contribution in [3.63, 3.8) is 0 Å². The highest BCUT2D eigenvalue weighted by atomic mass is 79.9. The van der Waals surface area contributed by atoms with Crippen LogP contribution in [0.1, 0.15) is 15.9 Å². The molecule has 0 bridgehead atoms. The molecule has 0 atom stereocenters. The van der Waals surface area contributed by atoms with Crippen LogP contribution in [-0.4, -0.2) is 11.0 Å². The molecule has 0 aromatic heterocycles. The molecule has 0 saturated heterocycles. The summed E-state index contributed by atoms with van der Waals surface area (Å²) in [5, 5.41) is 12.0. The molecular weight excluding hydrogens is 332 g/mol. The molecule has 0 aliphatic carbocycles. The standard InChI is InChI=1S/C14H10BrF2NO2/c1-7-4-10(15)11(17)6-12(7)18-14(20)9-5-8(16)2-3-13(9)19/h2-6,19H,1H3,(H,18,20). The number of phenolic OH excluding ortho intramolecular Hbond substituents is 1. The first-order chi connectivity index (χ1) is 9.38. The first-order valence-corrected chi connectivity index (χ1v) is 6.43. The number of amides is 1. The van der Waals surface area contributed by atoms with E-state index in [9.17, 15) is 18.7 Å². The first kappa shape index (κ1) is 14.5. The summed E-state index contributed by atoms with van der Waals surface area (Å²) < 4.78 is 26.8. The minimum absolute atomic E-state index is 0.215. The number of hydrogen-bond acceptors (Lipinski definition) is 2. The van der Waals surface area contributed by atoms with Crippen LogP contribution in [0.2, 0.25) is 0 Å². The molecule has 104 valence electrons. The van der Waals surface area contributed by atoms with E-state index in [1.165, 1.54) is 6.07 Å². The quantitative estimate of drug-likeness (QED) is 0.867. The SMILES string of the molecule is Cc1cc(Br)c(F)cc1NC(=O)c1cc(F)ccc1O. The van der Waals surface area contributed by atoms with Gasteiger partial charge in [0.05, 0.1) is 10.0 Å². The smallest absolute Gasteiger partial charge is 0.259 e. The molecule has 0 spiro atoms. The Morgan fingerprint density at radius 3 is 2.65 bits per heavy atom. The van der Waals surface area contributed by atoms with E-state index in [2.05, 4.69) is 21.2 Å². The molecular formula is C14H10BrF2NO2. The maximum atomic E-state index is 13.4. The van der Waals surface area contributed by atoms with Crippen LogP contribution in [-0.2, 0) is 0 Å². The van der Waals surface area contributed by atoms with Crippen molar-refractivity contribution >= 4 is 27.5 Å². The summed E-state index contributed by atoms with van der Waals surface area (Å²) in [5.41, 5.74) is 0.662. The number of benzene rings is 2. The zero-order valence-corrected chi connectivity index (χ0v) is 12.0. The number of rotatable bonds is 2. The van der Waals surface area contributed by atoms with Crippen molar-refractivity contribution in [1.82, 2.24) is 0 Å². The minimum atomic E-state index is -0.716. The average Bonchev–Trinajstić information content (AvgIpc) is 2.38. The van der Waals surface area contributed by atoms with Gasteiger partial charge in [0.15, 0.2) is 0 Å². The van der Waals surface area contributed by atoms with Crippen molar-refractivity contribution in [2.45, 2.75) is 6.92 Å². The predicted octanol–water partition coefficient (Wildman–Crippen LogP) is 3.99. The van der Waals surface area contributed by atoms with Crippen LogP contribution in [0.5, 0.6) is 5.75 Å². The molecule has 0 aliphatic rings. The fourth-order valence-corrected chi connectivity index (χ4v) is 2.12. The fraction of sp³-hybridized carbons (Fsp3) is 0.0714. The Hall–Kier alpha value is -1.95. The van der Waals surface area contributed by atoms with Crippen LogP contribution in [0.3, 0.4) is 0 Å². The Bertz CT molecular complexity index is 689. The molecule has 0 aliphatic heterocycles. The largest absolute Gasteiger partial charge is 0.507 e. The molecule has 3 nitrogen and oxygen atoms in total. The van der Waals surface area contributed by atoms with Gasteiger partial charge in [-0.2, -0.15) is 0 Å². The number of anilines is 1. The first-order valence-electron chi connectivity index (χ1n) is 5.64. The van der Waals surface area contributed by atoms with Crippen LogP contribution < -0.4 is 5.32 Å². The Balaban J connectivity index is 2.32. The Morgan fingerprint density at radius 2 is 1.95 bits per heavy atom. The number of carbonyl (C=O) groups is 1. The second kappa shape index (κ2) is 5.58. The van der Waals surface area contributed by atoms with Crippen LogP contribution in [0, 0.1) is 18.6 Å². The molecule has 0 radical (unpaired) electrons. The van der Waals surface area contributed by atoms with E-state index in [-0.39, 0.29) is 21.5 Å². The highest BCUT2D eigenvalue weighted by molar-refractivity contribution is 9.10. The summed E-state index contributed by atoms with van der Waals surface area (Å²) in [6.45, 7) is 1.69. The van der Waals surface area contributed by atoms with E-state index in [0.717, 1.165) is 24.3 Å². The molecule has 2 aromatic rings. The summed E-state index contributed by atoms with van der Waals surface area (Å²) >= 11 is 3.04. The Kier molecular flexibility index (Phi) is 4.04. The topological polar surface area (TPSA) is 49.3 Å². The molecule has 0 fully saturated rings. The number of carbonyl (C=O) groups excluding carboxylic acids is 1. The number of aryl methyl sites for hydroxylation is 1. The highest BCUT2D eigenvalue weighted by Gasteiger charge is 2.14. The number of halogens is 3. The molecule has 0 saturated carbocycles. The number of nitrogens with one attached hydrogen (secondary N) is 1. The van der Waals surface area contributed by atoms with E-state index >= 15 is 0 Å². The Labute approximate surface area is 122 Å². The maximum Gasteiger partial charge on any atom is 0.259 e. The van der Waals surface area contributed by atoms with Gasteiger partial charge in [-0.15, -0.1) is 0 Å². The number of phenols is 1. The lowest BCUT2D eigenvalue weighted by Crippen LogP contribution is -2.13. The number of aromatic hydroxyl groups is 1. The summed E-state index contributed by atoms with van der Waals surface area (Å²) in [5.74, 6) is -2.24. The van der Waals surface area contributed by atoms with E-state index in [1.54, 1.807) is 6.92 Å². The molecule has 2 N–H and O–H groups in total. The molecule has 0 unspecified atom stereocenters. The van der Waals surface area contributed by atoms with Gasteiger partial charge in [-0.1, -0.05) is 0 Å². The third kappa shape index (κ3) is 2.96. The summed E-state index contributed by atoms with van der Waals surface area (Å²) in [4.78, 5) is 12.0. The predicted molar refractivity (Wildman–Crippen MR) is 74.9 cm³/mol. The normalized spacial score (nSPS) is 10.4. The van der Waals surface area contributed by atoms with Gasteiger partial charge in [0.2, 0.25) is 0 Å². The highest BCUT2D eigenvalue weighted by Crippen LogP contribution is 2.25. The van der Waals surface area contributed by atoms with Crippen LogP contribution in [0.25, 0.3) is 0 Å². The third-order valence-electron chi connectivity index (χ3n) is 2.72. The second-order valence-corrected chi connectivity index (χ2v) is 5.05. The van der Waals surface area contributed by atoms with Gasteiger partial charge in [-0.05, 0) is 58.7 Å². The van der Waals surface area contributed by atoms with Crippen molar-refractivity contribution in [2.75, 3.05) is 5.32 Å². The van der Waals surface area contributed by atoms with Crippen molar-refractivity contribution in [3.05, 3.63) is 57.6 Å². The Morgan fingerprint density at radius 1 is 1.25 bits per heavy atom. The molecule has 0 heterocycles. The van der Waals surface area contributed by atoms with Crippen molar-refractivity contribution in [2.24, 2.45) is 0 Å². The van der Waals surface area contributed by atoms with Gasteiger partial charge in [0.25, 0.3) is 5.91 Å². The van der Waals surface area contributed by atoms with E-state index in [4.69, 9.17) is 0 Å². The summed E-state index contributed by atoms with van der Waals surface area (Å²) in [6, 6.07) is 5.69. The molecule has 1 amide bonds. The van der Waals surface area contributed by atoms with E-state index in [0.29, 0.717) is 5.56 Å². The average molecular weight is 342 g/mol. The molecule has 2 rings (SSSR count). The van der Waals surface area contributed by atoms with E-state index < -0.39 is 17.5 Å². The van der Waals surface area contributed by atoms with Gasteiger partial charge in [0.1, 0.15) is 17.4 Å². The van der Waals surface area contributed by atoms with Crippen LogP contribution >= 0.6 is 15.9 Å². The van der Waals surface area contributed by atoms with Gasteiger partial charge in [-0.25, -0.2) is 8.78 Å². The zero-order valence-electron chi connectivity index (χ0n) is 10.4. The monoisotopic (exact) mass is 341 g/mol. The van der Waals surface area contributed by atoms with Gasteiger partial charge in [0, 0.05) is 5.69 Å². The minimum Gasteiger partial charge on any atom is -0.507 e.